The van der Waals surface area contributed by atoms with Crippen molar-refractivity contribution in [1.29, 1.82) is 5.26 Å². The van der Waals surface area contributed by atoms with Gasteiger partial charge in [0.1, 0.15) is 6.07 Å². The minimum atomic E-state index is 0.424. The van der Waals surface area contributed by atoms with Crippen LogP contribution in [-0.2, 0) is 6.54 Å². The second-order valence-corrected chi connectivity index (χ2v) is 6.03. The summed E-state index contributed by atoms with van der Waals surface area (Å²) in [6, 6.07) is 8.77. The fourth-order valence-corrected chi connectivity index (χ4v) is 3.56. The fourth-order valence-electron chi connectivity index (χ4n) is 3.56. The van der Waals surface area contributed by atoms with E-state index in [4.69, 9.17) is 5.73 Å². The van der Waals surface area contributed by atoms with E-state index in [9.17, 15) is 5.26 Å². The van der Waals surface area contributed by atoms with E-state index in [1.165, 1.54) is 12.8 Å². The van der Waals surface area contributed by atoms with E-state index < -0.39 is 0 Å². The van der Waals surface area contributed by atoms with E-state index in [0.717, 1.165) is 29.7 Å². The summed E-state index contributed by atoms with van der Waals surface area (Å²) in [6.45, 7) is 4.86. The lowest BCUT2D eigenvalue weighted by atomic mass is 9.90. The van der Waals surface area contributed by atoms with Crippen LogP contribution in [0.3, 0.4) is 0 Å². The molecule has 0 radical (unpaired) electrons. The van der Waals surface area contributed by atoms with Gasteiger partial charge in [0, 0.05) is 37.1 Å². The molecule has 2 aromatic rings. The molecule has 0 aliphatic carbocycles. The highest BCUT2D eigenvalue weighted by Crippen LogP contribution is 2.26. The second-order valence-electron chi connectivity index (χ2n) is 6.03. The zero-order valence-corrected chi connectivity index (χ0v) is 12.5. The van der Waals surface area contributed by atoms with E-state index in [0.29, 0.717) is 18.5 Å². The van der Waals surface area contributed by atoms with Crippen LogP contribution in [0.15, 0.2) is 30.6 Å². The number of nitrogens with two attached hydrogens (primary N) is 1. The highest BCUT2D eigenvalue weighted by Gasteiger charge is 2.28. The number of hydrogen-bond donors (Lipinski definition) is 1. The molecule has 3 heterocycles. The molecule has 0 spiro atoms. The molecular formula is C17H22N4. The lowest BCUT2D eigenvalue weighted by Gasteiger charge is -2.39. The topological polar surface area (TPSA) is 57.5 Å². The maximum absolute atomic E-state index is 9.50. The van der Waals surface area contributed by atoms with Gasteiger partial charge in [0.15, 0.2) is 0 Å². The Bertz CT molecular complexity index is 667. The molecular weight excluding hydrogens is 260 g/mol. The van der Waals surface area contributed by atoms with Gasteiger partial charge in [0.25, 0.3) is 0 Å². The van der Waals surface area contributed by atoms with Crippen molar-refractivity contribution in [3.63, 3.8) is 0 Å². The van der Waals surface area contributed by atoms with Gasteiger partial charge in [-0.2, -0.15) is 5.26 Å². The summed E-state index contributed by atoms with van der Waals surface area (Å²) in [5.41, 5.74) is 8.87. The average Bonchev–Trinajstić information content (AvgIpc) is 2.84. The highest BCUT2D eigenvalue weighted by atomic mass is 15.2. The molecule has 1 saturated heterocycles. The molecule has 4 nitrogen and oxygen atoms in total. The maximum Gasteiger partial charge on any atom is 0.102 e. The van der Waals surface area contributed by atoms with E-state index in [1.54, 1.807) is 0 Å². The Labute approximate surface area is 125 Å². The van der Waals surface area contributed by atoms with Gasteiger partial charge in [-0.25, -0.2) is 0 Å². The zero-order valence-electron chi connectivity index (χ0n) is 12.5. The van der Waals surface area contributed by atoms with Crippen LogP contribution < -0.4 is 5.73 Å². The van der Waals surface area contributed by atoms with Crippen molar-refractivity contribution in [3.05, 3.63) is 41.7 Å². The molecule has 110 valence electrons. The van der Waals surface area contributed by atoms with Gasteiger partial charge in [0.05, 0.1) is 11.1 Å². The predicted octanol–water partition coefficient (Wildman–Crippen LogP) is 2.37. The normalized spacial score (nSPS) is 23.3. The first kappa shape index (κ1) is 14.1. The number of nitrogens with zero attached hydrogens (tertiary/aromatic N) is 3. The van der Waals surface area contributed by atoms with E-state index in [2.05, 4.69) is 24.1 Å². The molecule has 3 rings (SSSR count). The van der Waals surface area contributed by atoms with Crippen LogP contribution in [0.4, 0.5) is 0 Å². The SMILES string of the molecule is CC1CCCN(Cc2cn3ccccc3c2C#N)C1CN. The quantitative estimate of drug-likeness (QED) is 0.940. The smallest absolute Gasteiger partial charge is 0.102 e. The third kappa shape index (κ3) is 2.55. The number of piperidine rings is 1. The van der Waals surface area contributed by atoms with Crippen molar-refractivity contribution in [2.75, 3.05) is 13.1 Å². The van der Waals surface area contributed by atoms with Gasteiger partial charge in [-0.1, -0.05) is 13.0 Å². The molecule has 2 aromatic heterocycles. The van der Waals surface area contributed by atoms with Crippen molar-refractivity contribution in [1.82, 2.24) is 9.30 Å². The van der Waals surface area contributed by atoms with Crippen LogP contribution in [-0.4, -0.2) is 28.4 Å². The minimum absolute atomic E-state index is 0.424. The van der Waals surface area contributed by atoms with Crippen molar-refractivity contribution in [3.8, 4) is 6.07 Å². The van der Waals surface area contributed by atoms with Crippen LogP contribution in [0.25, 0.3) is 5.52 Å². The second kappa shape index (κ2) is 5.88. The lowest BCUT2D eigenvalue weighted by molar-refractivity contribution is 0.0990. The molecule has 0 bridgehead atoms. The molecule has 1 fully saturated rings. The zero-order chi connectivity index (χ0) is 14.8. The van der Waals surface area contributed by atoms with Crippen LogP contribution in [0.2, 0.25) is 0 Å². The maximum atomic E-state index is 9.50. The molecule has 2 N–H and O–H groups in total. The summed E-state index contributed by atoms with van der Waals surface area (Å²) in [7, 11) is 0. The number of fused-ring (bicyclic) bond motifs is 1. The first-order chi connectivity index (χ1) is 10.2. The summed E-state index contributed by atoms with van der Waals surface area (Å²) in [5, 5.41) is 9.50. The molecule has 1 aliphatic rings. The minimum Gasteiger partial charge on any atom is -0.329 e. The van der Waals surface area contributed by atoms with Crippen LogP contribution in [0, 0.1) is 17.2 Å². The molecule has 1 aliphatic heterocycles. The molecule has 0 saturated carbocycles. The molecule has 4 heteroatoms. The number of rotatable bonds is 3. The van der Waals surface area contributed by atoms with Gasteiger partial charge in [-0.05, 0) is 37.4 Å². The van der Waals surface area contributed by atoms with Gasteiger partial charge >= 0.3 is 0 Å². The third-order valence-electron chi connectivity index (χ3n) is 4.72. The molecule has 2 atom stereocenters. The third-order valence-corrected chi connectivity index (χ3v) is 4.72. The van der Waals surface area contributed by atoms with Crippen molar-refractivity contribution >= 4 is 5.52 Å². The Morgan fingerprint density at radius 3 is 3.05 bits per heavy atom. The lowest BCUT2D eigenvalue weighted by Crippen LogP contribution is -2.48. The van der Waals surface area contributed by atoms with E-state index in [-0.39, 0.29) is 0 Å². The average molecular weight is 282 g/mol. The number of nitriles is 1. The number of likely N-dealkylation sites (tertiary alicyclic amines) is 1. The summed E-state index contributed by atoms with van der Waals surface area (Å²) < 4.78 is 2.04. The monoisotopic (exact) mass is 282 g/mol. The standard InChI is InChI=1S/C17H22N4/c1-13-5-4-8-21(17(13)10-19)12-14-11-20-7-3-2-6-16(20)15(14)9-18/h2-3,6-7,11,13,17H,4-5,8,10,12,19H2,1H3. The first-order valence-electron chi connectivity index (χ1n) is 7.67. The number of aromatic nitrogens is 1. The Morgan fingerprint density at radius 1 is 1.43 bits per heavy atom. The van der Waals surface area contributed by atoms with Crippen molar-refractivity contribution in [2.45, 2.75) is 32.4 Å². The highest BCUT2D eigenvalue weighted by molar-refractivity contribution is 5.65. The van der Waals surface area contributed by atoms with Gasteiger partial charge < -0.3 is 10.1 Å². The van der Waals surface area contributed by atoms with Gasteiger partial charge in [0.2, 0.25) is 0 Å². The number of pyridine rings is 1. The molecule has 0 aromatic carbocycles. The van der Waals surface area contributed by atoms with Crippen LogP contribution in [0.1, 0.15) is 30.9 Å². The van der Waals surface area contributed by atoms with Gasteiger partial charge in [-0.3, -0.25) is 4.90 Å². The van der Waals surface area contributed by atoms with Crippen LogP contribution >= 0.6 is 0 Å². The number of hydrogen-bond acceptors (Lipinski definition) is 3. The largest absolute Gasteiger partial charge is 0.329 e. The Hall–Kier alpha value is -1.83. The molecule has 21 heavy (non-hydrogen) atoms. The molecule has 0 amide bonds. The Kier molecular flexibility index (Phi) is 3.96. The fraction of sp³-hybridized carbons (Fsp3) is 0.471. The first-order valence-corrected chi connectivity index (χ1v) is 7.67. The summed E-state index contributed by atoms with van der Waals surface area (Å²) >= 11 is 0. The predicted molar refractivity (Wildman–Crippen MR) is 83.8 cm³/mol. The Morgan fingerprint density at radius 2 is 2.29 bits per heavy atom. The van der Waals surface area contributed by atoms with E-state index >= 15 is 0 Å². The van der Waals surface area contributed by atoms with Crippen LogP contribution in [0.5, 0.6) is 0 Å². The summed E-state index contributed by atoms with van der Waals surface area (Å²) in [6.07, 6.45) is 6.55. The van der Waals surface area contributed by atoms with Crippen molar-refractivity contribution in [2.24, 2.45) is 11.7 Å². The van der Waals surface area contributed by atoms with E-state index in [1.807, 2.05) is 28.8 Å². The van der Waals surface area contributed by atoms with Crippen molar-refractivity contribution < 1.29 is 0 Å². The Balaban J connectivity index is 1.92. The molecule has 2 unspecified atom stereocenters. The summed E-state index contributed by atoms with van der Waals surface area (Å²) in [5.74, 6) is 0.631. The van der Waals surface area contributed by atoms with Gasteiger partial charge in [-0.15, -0.1) is 0 Å². The summed E-state index contributed by atoms with van der Waals surface area (Å²) in [4.78, 5) is 2.45.